The summed E-state index contributed by atoms with van der Waals surface area (Å²) < 4.78 is 40.0. The third-order valence-corrected chi connectivity index (χ3v) is 4.60. The molecule has 0 saturated heterocycles. The van der Waals surface area contributed by atoms with E-state index in [2.05, 4.69) is 19.9 Å². The number of rotatable bonds is 2. The number of hydrogen-bond donors (Lipinski definition) is 0. The van der Waals surface area contributed by atoms with E-state index in [0.29, 0.717) is 22.7 Å². The number of alkyl halides is 3. The molecular formula is C21H12F3N5. The highest BCUT2D eigenvalue weighted by atomic mass is 19.4. The summed E-state index contributed by atoms with van der Waals surface area (Å²) in [4.78, 5) is 17.8. The van der Waals surface area contributed by atoms with Gasteiger partial charge in [-0.2, -0.15) is 13.2 Å². The summed E-state index contributed by atoms with van der Waals surface area (Å²) >= 11 is 0. The molecule has 5 aromatic rings. The summed E-state index contributed by atoms with van der Waals surface area (Å²) in [6.45, 7) is 0. The zero-order chi connectivity index (χ0) is 20.0. The molecule has 0 fully saturated rings. The van der Waals surface area contributed by atoms with Gasteiger partial charge in [-0.3, -0.25) is 9.38 Å². The molecule has 0 amide bonds. The molecule has 0 saturated carbocycles. The topological polar surface area (TPSA) is 56.0 Å². The first kappa shape index (κ1) is 17.3. The molecule has 0 aliphatic carbocycles. The van der Waals surface area contributed by atoms with Crippen LogP contribution in [0.3, 0.4) is 0 Å². The number of para-hydroxylation sites is 2. The van der Waals surface area contributed by atoms with Crippen molar-refractivity contribution in [1.29, 1.82) is 0 Å². The van der Waals surface area contributed by atoms with Gasteiger partial charge in [-0.1, -0.05) is 24.3 Å². The molecule has 0 radical (unpaired) electrons. The maximum Gasteiger partial charge on any atom is 0.416 e. The molecular weight excluding hydrogens is 379 g/mol. The Kier molecular flexibility index (Phi) is 3.80. The lowest BCUT2D eigenvalue weighted by molar-refractivity contribution is -0.137. The first-order valence-corrected chi connectivity index (χ1v) is 8.73. The summed E-state index contributed by atoms with van der Waals surface area (Å²) in [5.41, 5.74) is 3.37. The van der Waals surface area contributed by atoms with Crippen molar-refractivity contribution in [2.45, 2.75) is 6.18 Å². The average molecular weight is 391 g/mol. The second-order valence-electron chi connectivity index (χ2n) is 6.45. The average Bonchev–Trinajstić information content (AvgIpc) is 3.16. The summed E-state index contributed by atoms with van der Waals surface area (Å²) in [6.07, 6.45) is 0.733. The molecule has 3 aromatic heterocycles. The van der Waals surface area contributed by atoms with Crippen LogP contribution >= 0.6 is 0 Å². The van der Waals surface area contributed by atoms with E-state index < -0.39 is 11.7 Å². The Labute approximate surface area is 162 Å². The number of hydrogen-bond acceptors (Lipinski definition) is 4. The predicted molar refractivity (Wildman–Crippen MR) is 102 cm³/mol. The van der Waals surface area contributed by atoms with Crippen LogP contribution in [-0.2, 0) is 6.18 Å². The molecule has 2 aromatic carbocycles. The van der Waals surface area contributed by atoms with E-state index in [4.69, 9.17) is 0 Å². The second kappa shape index (κ2) is 6.37. The summed E-state index contributed by atoms with van der Waals surface area (Å²) in [5.74, 6) is 0.423. The summed E-state index contributed by atoms with van der Waals surface area (Å²) in [6, 6.07) is 14.2. The van der Waals surface area contributed by atoms with E-state index in [9.17, 15) is 13.2 Å². The van der Waals surface area contributed by atoms with E-state index >= 15 is 0 Å². The Morgan fingerprint density at radius 1 is 0.724 bits per heavy atom. The highest BCUT2D eigenvalue weighted by molar-refractivity contribution is 5.76. The van der Waals surface area contributed by atoms with Gasteiger partial charge in [0.2, 0.25) is 5.78 Å². The van der Waals surface area contributed by atoms with Gasteiger partial charge in [0.1, 0.15) is 5.69 Å². The zero-order valence-electron chi connectivity index (χ0n) is 14.8. The van der Waals surface area contributed by atoms with Gasteiger partial charge >= 0.3 is 6.18 Å². The number of aromatic nitrogens is 5. The van der Waals surface area contributed by atoms with Crippen molar-refractivity contribution in [3.05, 3.63) is 78.8 Å². The normalized spacial score (nSPS) is 12.0. The van der Waals surface area contributed by atoms with Crippen molar-refractivity contribution in [2.24, 2.45) is 0 Å². The minimum Gasteiger partial charge on any atom is -0.282 e. The van der Waals surface area contributed by atoms with Crippen LogP contribution in [0.25, 0.3) is 39.5 Å². The van der Waals surface area contributed by atoms with Crippen LogP contribution < -0.4 is 0 Å². The smallest absolute Gasteiger partial charge is 0.282 e. The van der Waals surface area contributed by atoms with Crippen LogP contribution in [-0.4, -0.2) is 24.3 Å². The van der Waals surface area contributed by atoms with Crippen LogP contribution in [0.1, 0.15) is 5.56 Å². The third kappa shape index (κ3) is 3.08. The van der Waals surface area contributed by atoms with Crippen LogP contribution in [0.2, 0.25) is 0 Å². The summed E-state index contributed by atoms with van der Waals surface area (Å²) in [7, 11) is 0. The first-order chi connectivity index (χ1) is 14.0. The molecule has 0 aliphatic rings. The van der Waals surface area contributed by atoms with Crippen molar-refractivity contribution >= 4 is 16.8 Å². The van der Waals surface area contributed by atoms with Gasteiger partial charge in [0, 0.05) is 11.8 Å². The van der Waals surface area contributed by atoms with Crippen molar-refractivity contribution in [1.82, 2.24) is 24.3 Å². The molecule has 5 nitrogen and oxygen atoms in total. The second-order valence-corrected chi connectivity index (χ2v) is 6.45. The van der Waals surface area contributed by atoms with Crippen LogP contribution in [0, 0.1) is 0 Å². The van der Waals surface area contributed by atoms with Gasteiger partial charge in [-0.15, -0.1) is 0 Å². The molecule has 0 spiro atoms. The fraction of sp³-hybridized carbons (Fsp3) is 0.0476. The van der Waals surface area contributed by atoms with Gasteiger partial charge in [-0.05, 0) is 30.3 Å². The quantitative estimate of drug-likeness (QED) is 0.424. The molecule has 0 bridgehead atoms. The minimum absolute atomic E-state index is 0.423. The highest BCUT2D eigenvalue weighted by Gasteiger charge is 2.30. The van der Waals surface area contributed by atoms with E-state index in [-0.39, 0.29) is 0 Å². The predicted octanol–water partition coefficient (Wildman–Crippen LogP) is 5.03. The lowest BCUT2D eigenvalue weighted by atomic mass is 10.1. The molecule has 29 heavy (non-hydrogen) atoms. The Bertz CT molecular complexity index is 1340. The molecule has 142 valence electrons. The number of imidazole rings is 1. The summed E-state index contributed by atoms with van der Waals surface area (Å²) in [5, 5.41) is 0. The zero-order valence-corrected chi connectivity index (χ0v) is 14.8. The van der Waals surface area contributed by atoms with E-state index in [1.807, 2.05) is 24.3 Å². The SMILES string of the molecule is FC(F)(F)c1ccc(-c2ccn3c(-c4cnc5ccccc5n4)cnc3n2)cc1. The molecule has 0 N–H and O–H groups in total. The molecule has 0 aliphatic heterocycles. The van der Waals surface area contributed by atoms with E-state index in [0.717, 1.165) is 28.9 Å². The largest absolute Gasteiger partial charge is 0.416 e. The fourth-order valence-electron chi connectivity index (χ4n) is 3.13. The maximum atomic E-state index is 12.8. The number of nitrogens with zero attached hydrogens (tertiary/aromatic N) is 5. The molecule has 0 atom stereocenters. The number of benzene rings is 2. The van der Waals surface area contributed by atoms with Crippen molar-refractivity contribution in [2.75, 3.05) is 0 Å². The van der Waals surface area contributed by atoms with Gasteiger partial charge in [-0.25, -0.2) is 15.0 Å². The first-order valence-electron chi connectivity index (χ1n) is 8.73. The van der Waals surface area contributed by atoms with Gasteiger partial charge in [0.25, 0.3) is 0 Å². The van der Waals surface area contributed by atoms with E-state index in [1.54, 1.807) is 29.1 Å². The molecule has 5 rings (SSSR count). The van der Waals surface area contributed by atoms with Crippen molar-refractivity contribution in [3.63, 3.8) is 0 Å². The fourth-order valence-corrected chi connectivity index (χ4v) is 3.13. The minimum atomic E-state index is -4.37. The highest BCUT2D eigenvalue weighted by Crippen LogP contribution is 2.31. The van der Waals surface area contributed by atoms with Crippen LogP contribution in [0.5, 0.6) is 0 Å². The molecule has 8 heteroatoms. The number of halogens is 3. The van der Waals surface area contributed by atoms with Gasteiger partial charge in [0.05, 0.1) is 40.4 Å². The third-order valence-electron chi connectivity index (χ3n) is 4.60. The standard InChI is InChI=1S/C21H12F3N5/c22-21(23,24)14-7-5-13(6-8-14)15-9-10-29-19(12-26-20(29)28-15)18-11-25-16-3-1-2-4-17(16)27-18/h1-12H. The number of fused-ring (bicyclic) bond motifs is 2. The van der Waals surface area contributed by atoms with Crippen molar-refractivity contribution < 1.29 is 13.2 Å². The van der Waals surface area contributed by atoms with Gasteiger partial charge < -0.3 is 0 Å². The molecule has 3 heterocycles. The Morgan fingerprint density at radius 3 is 2.24 bits per heavy atom. The molecule has 0 unspecified atom stereocenters. The van der Waals surface area contributed by atoms with Crippen LogP contribution in [0.4, 0.5) is 13.2 Å². The Balaban J connectivity index is 1.54. The lowest BCUT2D eigenvalue weighted by Crippen LogP contribution is -2.04. The van der Waals surface area contributed by atoms with E-state index in [1.165, 1.54) is 12.1 Å². The monoisotopic (exact) mass is 391 g/mol. The van der Waals surface area contributed by atoms with Crippen molar-refractivity contribution in [3.8, 4) is 22.6 Å². The Morgan fingerprint density at radius 2 is 1.48 bits per heavy atom. The van der Waals surface area contributed by atoms with Gasteiger partial charge in [0.15, 0.2) is 0 Å². The maximum absolute atomic E-state index is 12.8. The lowest BCUT2D eigenvalue weighted by Gasteiger charge is -2.08. The Hall–Kier alpha value is -3.81. The van der Waals surface area contributed by atoms with Crippen LogP contribution in [0.15, 0.2) is 73.2 Å².